The van der Waals surface area contributed by atoms with Gasteiger partial charge in [-0.1, -0.05) is 18.2 Å². The number of nitrogens with zero attached hydrogens (tertiary/aromatic N) is 2. The molecule has 0 bridgehead atoms. The number of carbonyl (C=O) groups is 2. The Kier molecular flexibility index (Phi) is 5.40. The van der Waals surface area contributed by atoms with Crippen molar-refractivity contribution < 1.29 is 14.0 Å². The van der Waals surface area contributed by atoms with Crippen LogP contribution in [0.15, 0.2) is 30.3 Å². The fourth-order valence-corrected chi connectivity index (χ4v) is 3.36. The topological polar surface area (TPSA) is 56.4 Å². The Balaban J connectivity index is 1.52. The molecule has 1 aliphatic heterocycles. The van der Waals surface area contributed by atoms with E-state index in [4.69, 9.17) is 0 Å². The first kappa shape index (κ1) is 18.2. The molecule has 1 N–H and O–H groups in total. The lowest BCUT2D eigenvalue weighted by Crippen LogP contribution is -2.51. The van der Waals surface area contributed by atoms with Crippen molar-refractivity contribution in [3.05, 3.63) is 58.7 Å². The van der Waals surface area contributed by atoms with Gasteiger partial charge in [-0.25, -0.2) is 4.39 Å². The van der Waals surface area contributed by atoms with E-state index in [-0.39, 0.29) is 24.1 Å². The minimum atomic E-state index is -0.355. The summed E-state index contributed by atoms with van der Waals surface area (Å²) in [6, 6.07) is 8.34. The largest absolute Gasteiger partial charge is 0.362 e. The van der Waals surface area contributed by atoms with Crippen molar-refractivity contribution in [1.82, 2.24) is 14.8 Å². The van der Waals surface area contributed by atoms with E-state index >= 15 is 0 Å². The van der Waals surface area contributed by atoms with Crippen molar-refractivity contribution in [3.63, 3.8) is 0 Å². The van der Waals surface area contributed by atoms with Crippen LogP contribution in [0.3, 0.4) is 0 Å². The Morgan fingerprint density at radius 2 is 1.50 bits per heavy atom. The number of halogens is 1. The smallest absolute Gasteiger partial charge is 0.227 e. The number of hydrogen-bond donors (Lipinski definition) is 1. The van der Waals surface area contributed by atoms with Crippen molar-refractivity contribution in [2.75, 3.05) is 26.2 Å². The summed E-state index contributed by atoms with van der Waals surface area (Å²) >= 11 is 0. The van der Waals surface area contributed by atoms with Gasteiger partial charge in [0.05, 0.1) is 12.8 Å². The molecule has 2 amide bonds. The number of H-pyrrole nitrogens is 1. The highest BCUT2D eigenvalue weighted by Crippen LogP contribution is 2.14. The normalized spacial score (nSPS) is 14.6. The summed E-state index contributed by atoms with van der Waals surface area (Å²) in [5.41, 5.74) is 3.50. The zero-order valence-electron chi connectivity index (χ0n) is 15.2. The monoisotopic (exact) mass is 357 g/mol. The van der Waals surface area contributed by atoms with Crippen LogP contribution in [-0.2, 0) is 22.4 Å². The van der Waals surface area contributed by atoms with E-state index in [9.17, 15) is 14.0 Å². The summed E-state index contributed by atoms with van der Waals surface area (Å²) in [7, 11) is 0. The van der Waals surface area contributed by atoms with Crippen LogP contribution in [-0.4, -0.2) is 52.8 Å². The first-order valence-electron chi connectivity index (χ1n) is 8.88. The van der Waals surface area contributed by atoms with Crippen LogP contribution in [0.1, 0.15) is 22.5 Å². The molecule has 2 heterocycles. The first-order valence-corrected chi connectivity index (χ1v) is 8.88. The van der Waals surface area contributed by atoms with E-state index in [0.29, 0.717) is 38.2 Å². The summed E-state index contributed by atoms with van der Waals surface area (Å²) in [5.74, 6) is -0.376. The predicted molar refractivity (Wildman–Crippen MR) is 97.2 cm³/mol. The molecule has 0 radical (unpaired) electrons. The lowest BCUT2D eigenvalue weighted by molar-refractivity contribution is -0.138. The Bertz CT molecular complexity index is 807. The fourth-order valence-electron chi connectivity index (χ4n) is 3.36. The number of hydrogen-bond acceptors (Lipinski definition) is 2. The molecule has 0 saturated carbocycles. The average Bonchev–Trinajstić information content (AvgIpc) is 2.94. The van der Waals surface area contributed by atoms with E-state index in [1.165, 1.54) is 6.07 Å². The third kappa shape index (κ3) is 4.12. The molecule has 2 aromatic rings. The Morgan fingerprint density at radius 1 is 0.962 bits per heavy atom. The van der Waals surface area contributed by atoms with Crippen molar-refractivity contribution in [3.8, 4) is 0 Å². The maximum Gasteiger partial charge on any atom is 0.227 e. The van der Waals surface area contributed by atoms with Gasteiger partial charge in [-0.05, 0) is 37.1 Å². The lowest BCUT2D eigenvalue weighted by atomic mass is 10.1. The van der Waals surface area contributed by atoms with Crippen molar-refractivity contribution in [2.45, 2.75) is 26.7 Å². The SMILES string of the molecule is Cc1cc(CC(=O)N2CCN(C(=O)Cc3ccccc3F)CC2)c(C)[nH]1. The molecule has 1 aliphatic rings. The minimum Gasteiger partial charge on any atom is -0.362 e. The molecule has 0 spiro atoms. The zero-order chi connectivity index (χ0) is 18.7. The van der Waals surface area contributed by atoms with E-state index in [1.807, 2.05) is 19.9 Å². The molecule has 0 atom stereocenters. The average molecular weight is 357 g/mol. The van der Waals surface area contributed by atoms with Crippen LogP contribution in [0.2, 0.25) is 0 Å². The van der Waals surface area contributed by atoms with E-state index in [0.717, 1.165) is 17.0 Å². The Hall–Kier alpha value is -2.63. The predicted octanol–water partition coefficient (Wildman–Crippen LogP) is 2.23. The van der Waals surface area contributed by atoms with Crippen LogP contribution in [0, 0.1) is 19.7 Å². The first-order chi connectivity index (χ1) is 12.4. The quantitative estimate of drug-likeness (QED) is 0.912. The van der Waals surface area contributed by atoms with Crippen LogP contribution >= 0.6 is 0 Å². The highest BCUT2D eigenvalue weighted by atomic mass is 19.1. The number of carbonyl (C=O) groups excluding carboxylic acids is 2. The third-order valence-corrected chi connectivity index (χ3v) is 4.88. The number of aromatic amines is 1. The molecule has 0 aliphatic carbocycles. The molecular formula is C20H24FN3O2. The molecule has 0 unspecified atom stereocenters. The number of nitrogens with one attached hydrogen (secondary N) is 1. The highest BCUT2D eigenvalue weighted by Gasteiger charge is 2.25. The van der Waals surface area contributed by atoms with Gasteiger partial charge in [0.2, 0.25) is 11.8 Å². The van der Waals surface area contributed by atoms with Gasteiger partial charge in [0.15, 0.2) is 0 Å². The fraction of sp³-hybridized carbons (Fsp3) is 0.400. The van der Waals surface area contributed by atoms with Crippen molar-refractivity contribution in [2.24, 2.45) is 0 Å². The molecule has 1 saturated heterocycles. The summed E-state index contributed by atoms with van der Waals surface area (Å²) in [6.45, 7) is 5.96. The summed E-state index contributed by atoms with van der Waals surface area (Å²) in [4.78, 5) is 31.6. The summed E-state index contributed by atoms with van der Waals surface area (Å²) in [6.07, 6.45) is 0.432. The second-order valence-corrected chi connectivity index (χ2v) is 6.81. The molecule has 1 fully saturated rings. The molecule has 6 heteroatoms. The standard InChI is InChI=1S/C20H24FN3O2/c1-14-11-17(15(2)22-14)13-20(26)24-9-7-23(8-10-24)19(25)12-16-5-3-4-6-18(16)21/h3-6,11,22H,7-10,12-13H2,1-2H3. The zero-order valence-corrected chi connectivity index (χ0v) is 15.2. The lowest BCUT2D eigenvalue weighted by Gasteiger charge is -2.35. The van der Waals surface area contributed by atoms with Gasteiger partial charge in [-0.15, -0.1) is 0 Å². The summed E-state index contributed by atoms with van der Waals surface area (Å²) in [5, 5.41) is 0. The molecule has 1 aromatic carbocycles. The number of rotatable bonds is 4. The number of aromatic nitrogens is 1. The molecule has 5 nitrogen and oxygen atoms in total. The number of amides is 2. The summed E-state index contributed by atoms with van der Waals surface area (Å²) < 4.78 is 13.7. The van der Waals surface area contributed by atoms with Crippen LogP contribution < -0.4 is 0 Å². The minimum absolute atomic E-state index is 0.0580. The van der Waals surface area contributed by atoms with Gasteiger partial charge in [0.1, 0.15) is 5.82 Å². The van der Waals surface area contributed by atoms with Crippen LogP contribution in [0.25, 0.3) is 0 Å². The van der Waals surface area contributed by atoms with Crippen molar-refractivity contribution >= 4 is 11.8 Å². The highest BCUT2D eigenvalue weighted by molar-refractivity contribution is 5.81. The molecular weight excluding hydrogens is 333 g/mol. The Morgan fingerprint density at radius 3 is 2.00 bits per heavy atom. The number of aryl methyl sites for hydroxylation is 2. The van der Waals surface area contributed by atoms with Gasteiger partial charge in [0, 0.05) is 37.6 Å². The van der Waals surface area contributed by atoms with Gasteiger partial charge in [-0.2, -0.15) is 0 Å². The van der Waals surface area contributed by atoms with Crippen LogP contribution in [0.4, 0.5) is 4.39 Å². The van der Waals surface area contributed by atoms with Crippen LogP contribution in [0.5, 0.6) is 0 Å². The van der Waals surface area contributed by atoms with E-state index in [1.54, 1.807) is 28.0 Å². The third-order valence-electron chi connectivity index (χ3n) is 4.88. The van der Waals surface area contributed by atoms with Gasteiger partial charge >= 0.3 is 0 Å². The number of benzene rings is 1. The molecule has 1 aromatic heterocycles. The molecule has 138 valence electrons. The van der Waals surface area contributed by atoms with Gasteiger partial charge in [0.25, 0.3) is 0 Å². The second kappa shape index (κ2) is 7.72. The maximum absolute atomic E-state index is 13.7. The van der Waals surface area contributed by atoms with Crippen molar-refractivity contribution in [1.29, 1.82) is 0 Å². The van der Waals surface area contributed by atoms with Gasteiger partial charge in [-0.3, -0.25) is 9.59 Å². The maximum atomic E-state index is 13.7. The van der Waals surface area contributed by atoms with E-state index < -0.39 is 0 Å². The van der Waals surface area contributed by atoms with E-state index in [2.05, 4.69) is 4.98 Å². The molecule has 26 heavy (non-hydrogen) atoms. The molecule has 3 rings (SSSR count). The second-order valence-electron chi connectivity index (χ2n) is 6.81. The van der Waals surface area contributed by atoms with Gasteiger partial charge < -0.3 is 14.8 Å². The Labute approximate surface area is 152 Å². The number of piperazine rings is 1.